The van der Waals surface area contributed by atoms with Crippen LogP contribution in [0.2, 0.25) is 0 Å². The first-order valence-corrected chi connectivity index (χ1v) is 9.62. The zero-order valence-electron chi connectivity index (χ0n) is 15.8. The third-order valence-corrected chi connectivity index (χ3v) is 5.70. The van der Waals surface area contributed by atoms with Crippen LogP contribution in [0.1, 0.15) is 41.5 Å². The quantitative estimate of drug-likeness (QED) is 0.419. The van der Waals surface area contributed by atoms with Crippen LogP contribution in [-0.4, -0.2) is 0 Å². The molecule has 0 bridgehead atoms. The maximum Gasteiger partial charge on any atom is 0.159 e. The van der Waals surface area contributed by atoms with Crippen molar-refractivity contribution in [3.05, 3.63) is 93.8 Å². The van der Waals surface area contributed by atoms with Crippen LogP contribution in [0.5, 0.6) is 0 Å². The summed E-state index contributed by atoms with van der Waals surface area (Å²) in [7, 11) is 0. The summed E-state index contributed by atoms with van der Waals surface area (Å²) in [5.41, 5.74) is 2.63. The molecule has 1 aliphatic carbocycles. The van der Waals surface area contributed by atoms with E-state index in [1.165, 1.54) is 24.3 Å². The molecule has 1 aliphatic rings. The summed E-state index contributed by atoms with van der Waals surface area (Å²) in [6.45, 7) is 1.83. The van der Waals surface area contributed by atoms with Crippen LogP contribution >= 0.6 is 0 Å². The van der Waals surface area contributed by atoms with Crippen molar-refractivity contribution in [1.82, 2.24) is 0 Å². The van der Waals surface area contributed by atoms with Crippen molar-refractivity contribution in [3.63, 3.8) is 0 Å². The van der Waals surface area contributed by atoms with Crippen LogP contribution in [0.4, 0.5) is 22.0 Å². The normalized spacial score (nSPS) is 16.0. The number of benzene rings is 3. The second kappa shape index (κ2) is 7.62. The fourth-order valence-electron chi connectivity index (χ4n) is 4.14. The van der Waals surface area contributed by atoms with Gasteiger partial charge in [0.05, 0.1) is 0 Å². The maximum atomic E-state index is 14.7. The van der Waals surface area contributed by atoms with Crippen molar-refractivity contribution in [2.24, 2.45) is 0 Å². The minimum atomic E-state index is -1.04. The van der Waals surface area contributed by atoms with Crippen LogP contribution in [0.15, 0.2) is 42.5 Å². The molecule has 1 atom stereocenters. The number of aryl methyl sites for hydroxylation is 2. The third kappa shape index (κ3) is 3.66. The molecule has 0 aromatic heterocycles. The van der Waals surface area contributed by atoms with Gasteiger partial charge in [0, 0.05) is 11.1 Å². The number of hydrogen-bond acceptors (Lipinski definition) is 0. The van der Waals surface area contributed by atoms with E-state index in [0.29, 0.717) is 36.8 Å². The van der Waals surface area contributed by atoms with E-state index in [-0.39, 0.29) is 22.6 Å². The van der Waals surface area contributed by atoms with E-state index in [4.69, 9.17) is 0 Å². The van der Waals surface area contributed by atoms with Gasteiger partial charge >= 0.3 is 0 Å². The Labute approximate surface area is 166 Å². The average Bonchev–Trinajstić information content (AvgIpc) is 2.69. The van der Waals surface area contributed by atoms with Gasteiger partial charge in [0.25, 0.3) is 0 Å². The van der Waals surface area contributed by atoms with Gasteiger partial charge in [0.15, 0.2) is 11.6 Å². The molecule has 0 N–H and O–H groups in total. The van der Waals surface area contributed by atoms with E-state index in [9.17, 15) is 22.0 Å². The zero-order chi connectivity index (χ0) is 20.7. The van der Waals surface area contributed by atoms with Crippen molar-refractivity contribution in [2.75, 3.05) is 0 Å². The molecule has 0 amide bonds. The average molecular weight is 402 g/mol. The molecule has 0 saturated carbocycles. The summed E-state index contributed by atoms with van der Waals surface area (Å²) < 4.78 is 70.5. The molecule has 0 spiro atoms. The first-order valence-electron chi connectivity index (χ1n) is 9.62. The summed E-state index contributed by atoms with van der Waals surface area (Å²) in [4.78, 5) is 0. The Morgan fingerprint density at radius 2 is 1.48 bits per heavy atom. The van der Waals surface area contributed by atoms with Gasteiger partial charge < -0.3 is 0 Å². The minimum Gasteiger partial charge on any atom is -0.207 e. The largest absolute Gasteiger partial charge is 0.207 e. The molecule has 0 nitrogen and oxygen atoms in total. The fraction of sp³-hybridized carbons (Fsp3) is 0.250. The molecule has 3 aromatic carbocycles. The highest BCUT2D eigenvalue weighted by molar-refractivity contribution is 5.66. The van der Waals surface area contributed by atoms with Gasteiger partial charge in [0.2, 0.25) is 0 Å². The predicted molar refractivity (Wildman–Crippen MR) is 102 cm³/mol. The summed E-state index contributed by atoms with van der Waals surface area (Å²) >= 11 is 0. The second-order valence-corrected chi connectivity index (χ2v) is 7.50. The van der Waals surface area contributed by atoms with Crippen LogP contribution in [-0.2, 0) is 19.3 Å². The van der Waals surface area contributed by atoms with Crippen LogP contribution in [0.3, 0.4) is 0 Å². The van der Waals surface area contributed by atoms with Gasteiger partial charge in [-0.2, -0.15) is 0 Å². The van der Waals surface area contributed by atoms with E-state index in [2.05, 4.69) is 0 Å². The highest BCUT2D eigenvalue weighted by atomic mass is 19.2. The van der Waals surface area contributed by atoms with E-state index < -0.39 is 29.1 Å². The van der Waals surface area contributed by atoms with Gasteiger partial charge in [0.1, 0.15) is 17.5 Å². The van der Waals surface area contributed by atoms with Crippen molar-refractivity contribution in [2.45, 2.75) is 38.5 Å². The monoisotopic (exact) mass is 402 g/mol. The Balaban J connectivity index is 1.68. The molecule has 1 unspecified atom stereocenters. The lowest BCUT2D eigenvalue weighted by molar-refractivity contribution is 0.488. The molecular formula is C24H19F5. The van der Waals surface area contributed by atoms with Crippen molar-refractivity contribution < 1.29 is 22.0 Å². The number of hydrogen-bond donors (Lipinski definition) is 0. The molecule has 0 saturated heterocycles. The molecule has 3 aromatic rings. The molecule has 0 aliphatic heterocycles. The van der Waals surface area contributed by atoms with E-state index in [1.807, 2.05) is 6.92 Å². The number of fused-ring (bicyclic) bond motifs is 1. The molecule has 150 valence electrons. The van der Waals surface area contributed by atoms with E-state index >= 15 is 0 Å². The lowest BCUT2D eigenvalue weighted by atomic mass is 9.78. The standard InChI is InChI=1S/C24H19F5/c1-2-13-7-22(28)24(23(29)8-13)16-4-3-14-10-18(20(26)12-17(14)9-16)15-5-6-19(25)21(27)11-15/h5-8,10-12,16H,2-4,9H2,1H3. The first kappa shape index (κ1) is 19.6. The second-order valence-electron chi connectivity index (χ2n) is 7.50. The Kier molecular flexibility index (Phi) is 5.15. The number of rotatable bonds is 3. The van der Waals surface area contributed by atoms with Crippen molar-refractivity contribution in [3.8, 4) is 11.1 Å². The highest BCUT2D eigenvalue weighted by Gasteiger charge is 2.27. The van der Waals surface area contributed by atoms with Crippen molar-refractivity contribution in [1.29, 1.82) is 0 Å². The fourth-order valence-corrected chi connectivity index (χ4v) is 4.14. The predicted octanol–water partition coefficient (Wildman–Crippen LogP) is 6.88. The zero-order valence-corrected chi connectivity index (χ0v) is 15.8. The third-order valence-electron chi connectivity index (χ3n) is 5.70. The summed E-state index contributed by atoms with van der Waals surface area (Å²) in [5.74, 6) is -4.10. The Bertz CT molecular complexity index is 1060. The highest BCUT2D eigenvalue weighted by Crippen LogP contribution is 2.38. The molecule has 4 rings (SSSR count). The van der Waals surface area contributed by atoms with Gasteiger partial charge in [-0.15, -0.1) is 0 Å². The van der Waals surface area contributed by atoms with Gasteiger partial charge in [-0.25, -0.2) is 22.0 Å². The van der Waals surface area contributed by atoms with Gasteiger partial charge in [-0.1, -0.05) is 13.0 Å². The Hall–Kier alpha value is -2.69. The molecule has 0 heterocycles. The molecule has 0 radical (unpaired) electrons. The summed E-state index contributed by atoms with van der Waals surface area (Å²) in [6, 6.07) is 8.95. The van der Waals surface area contributed by atoms with Gasteiger partial charge in [-0.05, 0) is 90.3 Å². The topological polar surface area (TPSA) is 0 Å². The lowest BCUT2D eigenvalue weighted by Crippen LogP contribution is -2.16. The van der Waals surface area contributed by atoms with Crippen molar-refractivity contribution >= 4 is 0 Å². The maximum absolute atomic E-state index is 14.7. The smallest absolute Gasteiger partial charge is 0.159 e. The minimum absolute atomic E-state index is 0.0536. The molecular weight excluding hydrogens is 383 g/mol. The molecule has 0 fully saturated rings. The lowest BCUT2D eigenvalue weighted by Gasteiger charge is -2.26. The van der Waals surface area contributed by atoms with Gasteiger partial charge in [-0.3, -0.25) is 0 Å². The summed E-state index contributed by atoms with van der Waals surface area (Å²) in [5, 5.41) is 0. The Morgan fingerprint density at radius 3 is 2.14 bits per heavy atom. The molecule has 29 heavy (non-hydrogen) atoms. The number of halogens is 5. The van der Waals surface area contributed by atoms with E-state index in [1.54, 1.807) is 6.07 Å². The Morgan fingerprint density at radius 1 is 0.759 bits per heavy atom. The first-order chi connectivity index (χ1) is 13.9. The van der Waals surface area contributed by atoms with Crippen LogP contribution < -0.4 is 0 Å². The summed E-state index contributed by atoms with van der Waals surface area (Å²) in [6.07, 6.45) is 1.91. The van der Waals surface area contributed by atoms with E-state index in [0.717, 1.165) is 17.7 Å². The van der Waals surface area contributed by atoms with Crippen LogP contribution in [0, 0.1) is 29.1 Å². The van der Waals surface area contributed by atoms with Crippen LogP contribution in [0.25, 0.3) is 11.1 Å². The SMILES string of the molecule is CCc1cc(F)c(C2CCc3cc(-c4ccc(F)c(F)c4)c(F)cc3C2)c(F)c1. The molecule has 5 heteroatoms.